The van der Waals surface area contributed by atoms with Gasteiger partial charge in [-0.1, -0.05) is 0 Å². The highest BCUT2D eigenvalue weighted by molar-refractivity contribution is 4.71. The van der Waals surface area contributed by atoms with Crippen molar-refractivity contribution < 1.29 is 9.47 Å². The number of rotatable bonds is 7. The molecule has 0 bridgehead atoms. The number of hydrogen-bond donors (Lipinski definition) is 0. The van der Waals surface area contributed by atoms with E-state index in [-0.39, 0.29) is 6.10 Å². The Bertz CT molecular complexity index is 222. The van der Waals surface area contributed by atoms with Crippen LogP contribution in [0.15, 0.2) is 12.5 Å². The van der Waals surface area contributed by atoms with Crippen molar-refractivity contribution in [2.75, 3.05) is 19.8 Å². The number of imidazole rings is 1. The van der Waals surface area contributed by atoms with Gasteiger partial charge in [0.2, 0.25) is 0 Å². The lowest BCUT2D eigenvalue weighted by Gasteiger charge is -2.08. The molecule has 0 amide bonds. The first-order valence-corrected chi connectivity index (χ1v) is 4.86. The average molecular weight is 197 g/mol. The third-order valence-electron chi connectivity index (χ3n) is 1.68. The first-order chi connectivity index (χ1) is 6.79. The van der Waals surface area contributed by atoms with E-state index in [0.717, 1.165) is 6.54 Å². The van der Waals surface area contributed by atoms with E-state index in [1.165, 1.54) is 0 Å². The van der Waals surface area contributed by atoms with Crippen LogP contribution in [-0.2, 0) is 16.0 Å². The van der Waals surface area contributed by atoms with Crippen molar-refractivity contribution in [2.24, 2.45) is 0 Å². The van der Waals surface area contributed by atoms with Crippen LogP contribution in [-0.4, -0.2) is 35.5 Å². The molecule has 4 heteroatoms. The summed E-state index contributed by atoms with van der Waals surface area (Å²) in [4.78, 5) is 3.82. The second-order valence-corrected chi connectivity index (χ2v) is 3.27. The molecule has 0 saturated carbocycles. The fourth-order valence-electron chi connectivity index (χ4n) is 0.985. The van der Waals surface area contributed by atoms with Gasteiger partial charge in [-0.2, -0.15) is 0 Å². The van der Waals surface area contributed by atoms with E-state index in [1.807, 2.05) is 18.4 Å². The minimum absolute atomic E-state index is 0.279. The summed E-state index contributed by atoms with van der Waals surface area (Å²) >= 11 is 0. The predicted octanol–water partition coefficient (Wildman–Crippen LogP) is 1.12. The lowest BCUT2D eigenvalue weighted by Crippen LogP contribution is -2.12. The fourth-order valence-corrected chi connectivity index (χ4v) is 0.985. The molecule has 1 aromatic rings. The summed E-state index contributed by atoms with van der Waals surface area (Å²) < 4.78 is 12.6. The van der Waals surface area contributed by atoms with Crippen LogP contribution < -0.4 is 0 Å². The molecule has 0 unspecified atom stereocenters. The maximum atomic E-state index is 5.37. The summed E-state index contributed by atoms with van der Waals surface area (Å²) in [5, 5.41) is 0. The normalized spacial score (nSPS) is 11.1. The molecule has 0 atom stereocenters. The zero-order chi connectivity index (χ0) is 10.2. The van der Waals surface area contributed by atoms with Crippen molar-refractivity contribution in [3.8, 4) is 0 Å². The highest BCUT2D eigenvalue weighted by Crippen LogP contribution is 1.89. The molecule has 1 radical (unpaired) electrons. The minimum atomic E-state index is 0.279. The van der Waals surface area contributed by atoms with Crippen LogP contribution >= 0.6 is 0 Å². The molecule has 0 fully saturated rings. The van der Waals surface area contributed by atoms with Gasteiger partial charge in [-0.05, 0) is 13.8 Å². The van der Waals surface area contributed by atoms with Gasteiger partial charge in [0.15, 0.2) is 0 Å². The quantitative estimate of drug-likeness (QED) is 0.615. The topological polar surface area (TPSA) is 36.3 Å². The standard InChI is InChI=1S/C10H17N2O2/c1-10(2)14-8-7-13-6-5-12-4-3-11-9-12/h4,9-10H,5-8H2,1-2H3. The molecular weight excluding hydrogens is 180 g/mol. The van der Waals surface area contributed by atoms with Gasteiger partial charge in [-0.15, -0.1) is 0 Å². The fraction of sp³-hybridized carbons (Fsp3) is 0.700. The van der Waals surface area contributed by atoms with E-state index >= 15 is 0 Å². The zero-order valence-electron chi connectivity index (χ0n) is 8.77. The van der Waals surface area contributed by atoms with E-state index < -0.39 is 0 Å². The molecule has 0 N–H and O–H groups in total. The zero-order valence-corrected chi connectivity index (χ0v) is 8.77. The van der Waals surface area contributed by atoms with Gasteiger partial charge in [0.05, 0.1) is 32.3 Å². The molecule has 0 aliphatic heterocycles. The third kappa shape index (κ3) is 4.99. The van der Waals surface area contributed by atoms with Crippen molar-refractivity contribution in [1.82, 2.24) is 9.55 Å². The van der Waals surface area contributed by atoms with Crippen molar-refractivity contribution in [3.05, 3.63) is 18.7 Å². The number of ether oxygens (including phenoxy) is 2. The monoisotopic (exact) mass is 197 g/mol. The Morgan fingerprint density at radius 1 is 1.36 bits per heavy atom. The summed E-state index contributed by atoms with van der Waals surface area (Å²) in [6, 6.07) is 0. The van der Waals surface area contributed by atoms with Gasteiger partial charge in [0, 0.05) is 12.7 Å². The summed E-state index contributed by atoms with van der Waals surface area (Å²) in [5.41, 5.74) is 0. The Morgan fingerprint density at radius 3 is 2.86 bits per heavy atom. The van der Waals surface area contributed by atoms with Crippen molar-refractivity contribution in [1.29, 1.82) is 0 Å². The molecule has 0 aliphatic carbocycles. The van der Waals surface area contributed by atoms with E-state index in [2.05, 4.69) is 11.2 Å². The average Bonchev–Trinajstić information content (AvgIpc) is 2.63. The van der Waals surface area contributed by atoms with Gasteiger partial charge in [-0.3, -0.25) is 0 Å². The van der Waals surface area contributed by atoms with E-state index in [4.69, 9.17) is 9.47 Å². The SMILES string of the molecule is CC(C)OCCOCCn1c[c]nc1. The van der Waals surface area contributed by atoms with E-state index in [9.17, 15) is 0 Å². The highest BCUT2D eigenvalue weighted by atomic mass is 16.5. The molecule has 0 spiro atoms. The first-order valence-electron chi connectivity index (χ1n) is 4.86. The van der Waals surface area contributed by atoms with Crippen molar-refractivity contribution in [3.63, 3.8) is 0 Å². The maximum absolute atomic E-state index is 5.37. The number of hydrogen-bond acceptors (Lipinski definition) is 3. The molecule has 79 valence electrons. The lowest BCUT2D eigenvalue weighted by molar-refractivity contribution is 0.0177. The van der Waals surface area contributed by atoms with Crippen molar-refractivity contribution >= 4 is 0 Å². The Hall–Kier alpha value is -0.870. The largest absolute Gasteiger partial charge is 0.377 e. The van der Waals surface area contributed by atoms with Crippen LogP contribution in [0.5, 0.6) is 0 Å². The summed E-state index contributed by atoms with van der Waals surface area (Å²) in [6.45, 7) is 6.84. The first kappa shape index (κ1) is 11.2. The highest BCUT2D eigenvalue weighted by Gasteiger charge is 1.93. The van der Waals surface area contributed by atoms with Crippen LogP contribution in [0.25, 0.3) is 0 Å². The van der Waals surface area contributed by atoms with Gasteiger partial charge in [-0.25, -0.2) is 4.98 Å². The molecular formula is C10H17N2O2. The van der Waals surface area contributed by atoms with Gasteiger partial charge in [0.1, 0.15) is 6.20 Å². The molecule has 1 aromatic heterocycles. The van der Waals surface area contributed by atoms with Crippen LogP contribution in [0.1, 0.15) is 13.8 Å². The predicted molar refractivity (Wildman–Crippen MR) is 53.0 cm³/mol. The smallest absolute Gasteiger partial charge is 0.108 e. The summed E-state index contributed by atoms with van der Waals surface area (Å²) in [5.74, 6) is 0. The van der Waals surface area contributed by atoms with Crippen LogP contribution in [0.2, 0.25) is 0 Å². The molecule has 0 aliphatic rings. The maximum Gasteiger partial charge on any atom is 0.108 e. The number of nitrogens with zero attached hydrogens (tertiary/aromatic N) is 2. The van der Waals surface area contributed by atoms with Gasteiger partial charge < -0.3 is 14.0 Å². The Balaban J connectivity index is 1.90. The molecule has 4 nitrogen and oxygen atoms in total. The Kier molecular flexibility index (Phi) is 5.25. The minimum Gasteiger partial charge on any atom is -0.377 e. The summed E-state index contributed by atoms with van der Waals surface area (Å²) in [7, 11) is 0. The summed E-state index contributed by atoms with van der Waals surface area (Å²) in [6.07, 6.45) is 6.54. The van der Waals surface area contributed by atoms with E-state index in [1.54, 1.807) is 12.5 Å². The molecule has 1 heterocycles. The molecule has 0 saturated heterocycles. The second kappa shape index (κ2) is 6.56. The molecule has 14 heavy (non-hydrogen) atoms. The molecule has 1 rings (SSSR count). The second-order valence-electron chi connectivity index (χ2n) is 3.27. The molecule has 0 aromatic carbocycles. The van der Waals surface area contributed by atoms with Crippen LogP contribution in [0, 0.1) is 6.20 Å². The van der Waals surface area contributed by atoms with E-state index in [0.29, 0.717) is 19.8 Å². The Labute approximate surface area is 84.9 Å². The van der Waals surface area contributed by atoms with Crippen LogP contribution in [0.4, 0.5) is 0 Å². The van der Waals surface area contributed by atoms with Gasteiger partial charge >= 0.3 is 0 Å². The third-order valence-corrected chi connectivity index (χ3v) is 1.68. The van der Waals surface area contributed by atoms with Crippen LogP contribution in [0.3, 0.4) is 0 Å². The lowest BCUT2D eigenvalue weighted by atomic mass is 10.5. The van der Waals surface area contributed by atoms with Gasteiger partial charge in [0.25, 0.3) is 0 Å². The Morgan fingerprint density at radius 2 is 2.21 bits per heavy atom. The van der Waals surface area contributed by atoms with Crippen molar-refractivity contribution in [2.45, 2.75) is 26.5 Å². The number of aromatic nitrogens is 2.